The van der Waals surface area contributed by atoms with Crippen molar-refractivity contribution in [3.8, 4) is 0 Å². The number of halogens is 1. The topological polar surface area (TPSA) is 21.3 Å². The summed E-state index contributed by atoms with van der Waals surface area (Å²) in [6, 6.07) is 0.681. The van der Waals surface area contributed by atoms with E-state index in [1.807, 2.05) is 0 Å². The van der Waals surface area contributed by atoms with Crippen LogP contribution in [0.3, 0.4) is 0 Å². The van der Waals surface area contributed by atoms with E-state index in [9.17, 15) is 0 Å². The van der Waals surface area contributed by atoms with Gasteiger partial charge in [-0.15, -0.1) is 12.4 Å². The number of ether oxygens (including phenoxy) is 1. The summed E-state index contributed by atoms with van der Waals surface area (Å²) in [7, 11) is 0. The van der Waals surface area contributed by atoms with Crippen molar-refractivity contribution in [3.63, 3.8) is 0 Å². The lowest BCUT2D eigenvalue weighted by atomic mass is 10.0. The van der Waals surface area contributed by atoms with Crippen LogP contribution in [0.1, 0.15) is 12.8 Å². The van der Waals surface area contributed by atoms with Gasteiger partial charge in [0, 0.05) is 12.6 Å². The molecule has 9 heavy (non-hydrogen) atoms. The highest BCUT2D eigenvalue weighted by Crippen LogP contribution is 2.17. The highest BCUT2D eigenvalue weighted by molar-refractivity contribution is 5.85. The van der Waals surface area contributed by atoms with Crippen LogP contribution in [0.5, 0.6) is 0 Å². The van der Waals surface area contributed by atoms with Crippen LogP contribution in [0.4, 0.5) is 0 Å². The average molecular weight is 150 g/mol. The van der Waals surface area contributed by atoms with Crippen LogP contribution in [0.15, 0.2) is 0 Å². The van der Waals surface area contributed by atoms with Gasteiger partial charge in [0.25, 0.3) is 0 Å². The van der Waals surface area contributed by atoms with Gasteiger partial charge in [-0.05, 0) is 12.8 Å². The molecule has 2 atom stereocenters. The Labute approximate surface area is 61.4 Å². The standard InChI is InChI=1S/C6H11NO.ClH/c1-2-6-3-7-5(1)4-8-6;/h5-7H,1-4H2;1H. The van der Waals surface area contributed by atoms with Crippen molar-refractivity contribution in [1.82, 2.24) is 5.32 Å². The summed E-state index contributed by atoms with van der Waals surface area (Å²) in [5, 5.41) is 3.39. The van der Waals surface area contributed by atoms with Crippen molar-refractivity contribution in [3.05, 3.63) is 0 Å². The van der Waals surface area contributed by atoms with Crippen LogP contribution in [0, 0.1) is 0 Å². The van der Waals surface area contributed by atoms with Crippen molar-refractivity contribution in [2.45, 2.75) is 25.0 Å². The Morgan fingerprint density at radius 3 is 2.33 bits per heavy atom. The molecule has 0 aromatic carbocycles. The predicted molar refractivity (Wildman–Crippen MR) is 38.0 cm³/mol. The molecule has 3 heteroatoms. The molecule has 3 heterocycles. The zero-order valence-corrected chi connectivity index (χ0v) is 6.12. The Balaban J connectivity index is 0.000000405. The fourth-order valence-electron chi connectivity index (χ4n) is 1.43. The van der Waals surface area contributed by atoms with E-state index >= 15 is 0 Å². The van der Waals surface area contributed by atoms with Crippen LogP contribution in [0.25, 0.3) is 0 Å². The third-order valence-corrected chi connectivity index (χ3v) is 2.00. The van der Waals surface area contributed by atoms with Crippen LogP contribution in [-0.4, -0.2) is 25.3 Å². The van der Waals surface area contributed by atoms with Gasteiger partial charge in [0.2, 0.25) is 0 Å². The van der Waals surface area contributed by atoms with Gasteiger partial charge < -0.3 is 10.1 Å². The Kier molecular flexibility index (Phi) is 2.33. The second-order valence-corrected chi connectivity index (χ2v) is 2.64. The maximum absolute atomic E-state index is 5.41. The summed E-state index contributed by atoms with van der Waals surface area (Å²) in [4.78, 5) is 0. The van der Waals surface area contributed by atoms with Crippen LogP contribution >= 0.6 is 12.4 Å². The molecule has 3 aliphatic rings. The number of rotatable bonds is 0. The Hall–Kier alpha value is 0.210. The largest absolute Gasteiger partial charge is 0.375 e. The summed E-state index contributed by atoms with van der Waals surface area (Å²) >= 11 is 0. The maximum atomic E-state index is 5.41. The van der Waals surface area contributed by atoms with E-state index in [1.165, 1.54) is 12.8 Å². The van der Waals surface area contributed by atoms with Gasteiger partial charge >= 0.3 is 0 Å². The number of piperidine rings is 1. The molecular formula is C6H12ClNO. The molecular weight excluding hydrogens is 138 g/mol. The van der Waals surface area contributed by atoms with Crippen LogP contribution in [0.2, 0.25) is 0 Å². The van der Waals surface area contributed by atoms with Crippen molar-refractivity contribution in [2.75, 3.05) is 13.2 Å². The molecule has 0 saturated carbocycles. The molecule has 1 N–H and O–H groups in total. The van der Waals surface area contributed by atoms with Crippen molar-refractivity contribution < 1.29 is 4.74 Å². The van der Waals surface area contributed by atoms with Gasteiger partial charge in [0.15, 0.2) is 0 Å². The molecule has 0 aromatic heterocycles. The molecule has 3 saturated heterocycles. The minimum atomic E-state index is 0. The quantitative estimate of drug-likeness (QED) is 0.544. The number of hydrogen-bond acceptors (Lipinski definition) is 2. The Morgan fingerprint density at radius 2 is 2.22 bits per heavy atom. The van der Waals surface area contributed by atoms with Crippen LogP contribution < -0.4 is 5.32 Å². The van der Waals surface area contributed by atoms with E-state index in [2.05, 4.69) is 5.32 Å². The number of fused-ring (bicyclic) bond motifs is 3. The van der Waals surface area contributed by atoms with E-state index < -0.39 is 0 Å². The second-order valence-electron chi connectivity index (χ2n) is 2.64. The predicted octanol–water partition coefficient (Wildman–Crippen LogP) is 0.559. The zero-order chi connectivity index (χ0) is 5.40. The molecule has 0 aliphatic carbocycles. The summed E-state index contributed by atoms with van der Waals surface area (Å²) in [6.07, 6.45) is 3.14. The molecule has 3 aliphatic heterocycles. The van der Waals surface area contributed by atoms with Crippen molar-refractivity contribution in [2.24, 2.45) is 0 Å². The maximum Gasteiger partial charge on any atom is 0.0700 e. The Bertz CT molecular complexity index is 68.0. The third-order valence-electron chi connectivity index (χ3n) is 2.00. The SMILES string of the molecule is C1CC2CNC1CO2.Cl. The van der Waals surface area contributed by atoms with Crippen molar-refractivity contribution >= 4 is 12.4 Å². The molecule has 0 radical (unpaired) electrons. The lowest BCUT2D eigenvalue weighted by Gasteiger charge is -2.36. The zero-order valence-electron chi connectivity index (χ0n) is 5.30. The molecule has 3 rings (SSSR count). The summed E-state index contributed by atoms with van der Waals surface area (Å²) in [6.45, 7) is 2.04. The highest BCUT2D eigenvalue weighted by atomic mass is 35.5. The fourth-order valence-corrected chi connectivity index (χ4v) is 1.43. The van der Waals surface area contributed by atoms with E-state index in [0.717, 1.165) is 13.2 Å². The van der Waals surface area contributed by atoms with Gasteiger partial charge in [-0.3, -0.25) is 0 Å². The number of nitrogens with one attached hydrogen (secondary N) is 1. The second kappa shape index (κ2) is 2.86. The first-order valence-electron chi connectivity index (χ1n) is 3.30. The smallest absolute Gasteiger partial charge is 0.0700 e. The lowest BCUT2D eigenvalue weighted by molar-refractivity contribution is -0.0385. The van der Waals surface area contributed by atoms with Gasteiger partial charge in [-0.25, -0.2) is 0 Å². The molecule has 3 fully saturated rings. The molecule has 54 valence electrons. The first-order valence-corrected chi connectivity index (χ1v) is 3.30. The summed E-state index contributed by atoms with van der Waals surface area (Å²) in [5.41, 5.74) is 0. The van der Waals surface area contributed by atoms with Gasteiger partial charge in [0.05, 0.1) is 12.7 Å². The number of morpholine rings is 1. The molecule has 2 bridgehead atoms. The van der Waals surface area contributed by atoms with E-state index in [0.29, 0.717) is 12.1 Å². The summed E-state index contributed by atoms with van der Waals surface area (Å²) in [5.74, 6) is 0. The van der Waals surface area contributed by atoms with Crippen molar-refractivity contribution in [1.29, 1.82) is 0 Å². The van der Waals surface area contributed by atoms with Gasteiger partial charge in [0.1, 0.15) is 0 Å². The molecule has 0 spiro atoms. The lowest BCUT2D eigenvalue weighted by Crippen LogP contribution is -2.51. The van der Waals surface area contributed by atoms with Crippen LogP contribution in [-0.2, 0) is 4.74 Å². The molecule has 0 amide bonds. The van der Waals surface area contributed by atoms with Gasteiger partial charge in [-0.1, -0.05) is 0 Å². The average Bonchev–Trinajstić information content (AvgIpc) is 1.92. The first-order chi connectivity index (χ1) is 3.95. The fraction of sp³-hybridized carbons (Fsp3) is 1.00. The van der Waals surface area contributed by atoms with Gasteiger partial charge in [-0.2, -0.15) is 0 Å². The first kappa shape index (κ1) is 7.32. The van der Waals surface area contributed by atoms with E-state index in [4.69, 9.17) is 4.74 Å². The number of hydrogen-bond donors (Lipinski definition) is 1. The third kappa shape index (κ3) is 1.37. The molecule has 2 nitrogen and oxygen atoms in total. The minimum Gasteiger partial charge on any atom is -0.375 e. The summed E-state index contributed by atoms with van der Waals surface area (Å²) < 4.78 is 5.41. The highest BCUT2D eigenvalue weighted by Gasteiger charge is 2.26. The minimum absolute atomic E-state index is 0. The molecule has 0 aromatic rings. The Morgan fingerprint density at radius 1 is 1.33 bits per heavy atom. The van der Waals surface area contributed by atoms with E-state index in [-0.39, 0.29) is 12.4 Å². The monoisotopic (exact) mass is 149 g/mol. The normalized spacial score (nSPS) is 40.0. The van der Waals surface area contributed by atoms with E-state index in [1.54, 1.807) is 0 Å². The molecule has 2 unspecified atom stereocenters.